The molecule has 0 bridgehead atoms. The summed E-state index contributed by atoms with van der Waals surface area (Å²) < 4.78 is 4.96. The van der Waals surface area contributed by atoms with Gasteiger partial charge in [0.05, 0.1) is 0 Å². The Labute approximate surface area is 109 Å². The largest absolute Gasteiger partial charge is 0.506 e. The predicted octanol–water partition coefficient (Wildman–Crippen LogP) is 3.25. The molecule has 0 unspecified atom stereocenters. The highest BCUT2D eigenvalue weighted by molar-refractivity contribution is 7.98. The van der Waals surface area contributed by atoms with Crippen LogP contribution >= 0.6 is 11.8 Å². The number of aryl methyl sites for hydroxylation is 2. The zero-order valence-electron chi connectivity index (χ0n) is 10.3. The summed E-state index contributed by atoms with van der Waals surface area (Å²) in [6.07, 6.45) is 0. The van der Waals surface area contributed by atoms with Gasteiger partial charge in [-0.15, -0.1) is 11.8 Å². The quantitative estimate of drug-likeness (QED) is 0.863. The molecule has 0 amide bonds. The van der Waals surface area contributed by atoms with E-state index in [1.54, 1.807) is 6.92 Å². The Hall–Kier alpha value is -1.68. The fraction of sp³-hybridized carbons (Fsp3) is 0.214. The number of aromatic hydroxyl groups is 1. The van der Waals surface area contributed by atoms with Crippen LogP contribution in [0.25, 0.3) is 0 Å². The summed E-state index contributed by atoms with van der Waals surface area (Å²) in [5, 5.41) is 9.71. The Morgan fingerprint density at radius 3 is 2.50 bits per heavy atom. The van der Waals surface area contributed by atoms with Crippen molar-refractivity contribution in [1.82, 2.24) is 0 Å². The summed E-state index contributed by atoms with van der Waals surface area (Å²) in [6.45, 7) is 3.66. The molecule has 18 heavy (non-hydrogen) atoms. The molecule has 1 aromatic carbocycles. The highest BCUT2D eigenvalue weighted by Gasteiger charge is 2.10. The van der Waals surface area contributed by atoms with E-state index in [1.165, 1.54) is 23.4 Å². The van der Waals surface area contributed by atoms with E-state index in [-0.39, 0.29) is 10.6 Å². The molecule has 0 radical (unpaired) electrons. The lowest BCUT2D eigenvalue weighted by atomic mass is 10.2. The minimum atomic E-state index is -0.482. The van der Waals surface area contributed by atoms with Gasteiger partial charge in [0.2, 0.25) is 0 Å². The molecule has 94 valence electrons. The molecule has 2 aromatic rings. The molecule has 0 spiro atoms. The molecule has 1 aromatic heterocycles. The summed E-state index contributed by atoms with van der Waals surface area (Å²) in [4.78, 5) is 11.9. The van der Waals surface area contributed by atoms with Crippen LogP contribution in [0.3, 0.4) is 0 Å². The fourth-order valence-corrected chi connectivity index (χ4v) is 2.43. The van der Waals surface area contributed by atoms with Gasteiger partial charge in [-0.1, -0.05) is 29.8 Å². The van der Waals surface area contributed by atoms with Crippen LogP contribution in [0, 0.1) is 13.8 Å². The molecule has 0 aliphatic rings. The average Bonchev–Trinajstić information content (AvgIpc) is 2.30. The van der Waals surface area contributed by atoms with Gasteiger partial charge in [-0.3, -0.25) is 0 Å². The van der Waals surface area contributed by atoms with Crippen LogP contribution in [0.1, 0.15) is 16.9 Å². The van der Waals surface area contributed by atoms with E-state index >= 15 is 0 Å². The van der Waals surface area contributed by atoms with Gasteiger partial charge in [0.15, 0.2) is 0 Å². The summed E-state index contributed by atoms with van der Waals surface area (Å²) in [5.41, 5.74) is 1.82. The Balaban J connectivity index is 2.16. The Morgan fingerprint density at radius 1 is 1.22 bits per heavy atom. The van der Waals surface area contributed by atoms with Crippen molar-refractivity contribution in [2.24, 2.45) is 0 Å². The number of hydrogen-bond donors (Lipinski definition) is 1. The SMILES string of the molecule is Cc1ccc(CSc2c(O)cc(C)oc2=O)cc1. The van der Waals surface area contributed by atoms with Gasteiger partial charge in [0.25, 0.3) is 0 Å². The first-order valence-electron chi connectivity index (χ1n) is 5.58. The normalized spacial score (nSPS) is 10.6. The molecule has 3 nitrogen and oxygen atoms in total. The maximum Gasteiger partial charge on any atom is 0.353 e. The van der Waals surface area contributed by atoms with Gasteiger partial charge in [-0.05, 0) is 19.4 Å². The molecule has 0 fully saturated rings. The maximum absolute atomic E-state index is 11.6. The van der Waals surface area contributed by atoms with E-state index < -0.39 is 5.63 Å². The lowest BCUT2D eigenvalue weighted by Crippen LogP contribution is -2.03. The third-order valence-electron chi connectivity index (χ3n) is 2.52. The smallest absolute Gasteiger partial charge is 0.353 e. The van der Waals surface area contributed by atoms with Crippen LogP contribution < -0.4 is 5.63 Å². The first kappa shape index (κ1) is 12.8. The number of hydrogen-bond acceptors (Lipinski definition) is 4. The van der Waals surface area contributed by atoms with E-state index in [9.17, 15) is 9.90 Å². The van der Waals surface area contributed by atoms with Crippen LogP contribution in [-0.4, -0.2) is 5.11 Å². The van der Waals surface area contributed by atoms with Crippen molar-refractivity contribution in [3.63, 3.8) is 0 Å². The predicted molar refractivity (Wildman–Crippen MR) is 72.1 cm³/mol. The van der Waals surface area contributed by atoms with E-state index in [4.69, 9.17) is 4.42 Å². The molecular formula is C14H14O3S. The summed E-state index contributed by atoms with van der Waals surface area (Å²) >= 11 is 1.29. The van der Waals surface area contributed by atoms with Gasteiger partial charge in [-0.2, -0.15) is 0 Å². The lowest BCUT2D eigenvalue weighted by molar-refractivity contribution is 0.412. The van der Waals surface area contributed by atoms with Crippen LogP contribution in [0.15, 0.2) is 44.4 Å². The molecule has 1 N–H and O–H groups in total. The Morgan fingerprint density at radius 2 is 1.89 bits per heavy atom. The summed E-state index contributed by atoms with van der Waals surface area (Å²) in [6, 6.07) is 9.52. The van der Waals surface area contributed by atoms with Crippen LogP contribution in [-0.2, 0) is 5.75 Å². The zero-order chi connectivity index (χ0) is 13.1. The molecule has 0 atom stereocenters. The van der Waals surface area contributed by atoms with Crippen LogP contribution in [0.5, 0.6) is 5.75 Å². The molecule has 1 heterocycles. The van der Waals surface area contributed by atoms with Gasteiger partial charge in [0, 0.05) is 11.8 Å². The van der Waals surface area contributed by atoms with Crippen LogP contribution in [0.2, 0.25) is 0 Å². The summed E-state index contributed by atoms with van der Waals surface area (Å²) in [5.74, 6) is 1.03. The highest BCUT2D eigenvalue weighted by Crippen LogP contribution is 2.28. The second kappa shape index (κ2) is 5.31. The third-order valence-corrected chi connectivity index (χ3v) is 3.66. The van der Waals surface area contributed by atoms with E-state index in [0.717, 1.165) is 5.56 Å². The van der Waals surface area contributed by atoms with E-state index in [0.29, 0.717) is 11.5 Å². The van der Waals surface area contributed by atoms with Gasteiger partial charge in [-0.25, -0.2) is 4.79 Å². The van der Waals surface area contributed by atoms with Crippen molar-refractivity contribution in [3.05, 3.63) is 57.6 Å². The molecular weight excluding hydrogens is 248 g/mol. The van der Waals surface area contributed by atoms with Crippen molar-refractivity contribution < 1.29 is 9.52 Å². The second-order valence-electron chi connectivity index (χ2n) is 4.13. The number of rotatable bonds is 3. The first-order chi connectivity index (χ1) is 8.56. The van der Waals surface area contributed by atoms with Crippen molar-refractivity contribution in [2.45, 2.75) is 24.5 Å². The maximum atomic E-state index is 11.6. The van der Waals surface area contributed by atoms with Crippen molar-refractivity contribution in [3.8, 4) is 5.75 Å². The molecule has 0 saturated heterocycles. The molecule has 0 saturated carbocycles. The highest BCUT2D eigenvalue weighted by atomic mass is 32.2. The Bertz CT molecular complexity index is 599. The van der Waals surface area contributed by atoms with Gasteiger partial charge < -0.3 is 9.52 Å². The molecule has 0 aliphatic carbocycles. The van der Waals surface area contributed by atoms with Crippen molar-refractivity contribution in [1.29, 1.82) is 0 Å². The molecule has 0 aliphatic heterocycles. The number of benzene rings is 1. The summed E-state index contributed by atoms with van der Waals surface area (Å²) in [7, 11) is 0. The zero-order valence-corrected chi connectivity index (χ0v) is 11.1. The van der Waals surface area contributed by atoms with E-state index in [1.807, 2.05) is 31.2 Å². The molecule has 2 rings (SSSR count). The first-order valence-corrected chi connectivity index (χ1v) is 6.57. The lowest BCUT2D eigenvalue weighted by Gasteiger charge is -2.04. The van der Waals surface area contributed by atoms with Gasteiger partial charge in [0.1, 0.15) is 16.4 Å². The van der Waals surface area contributed by atoms with Crippen molar-refractivity contribution in [2.75, 3.05) is 0 Å². The van der Waals surface area contributed by atoms with Gasteiger partial charge >= 0.3 is 5.63 Å². The topological polar surface area (TPSA) is 50.4 Å². The third kappa shape index (κ3) is 2.96. The van der Waals surface area contributed by atoms with E-state index in [2.05, 4.69) is 0 Å². The number of thioether (sulfide) groups is 1. The standard InChI is InChI=1S/C14H14O3S/c1-9-3-5-11(6-4-9)8-18-13-12(15)7-10(2)17-14(13)16/h3-7,15H,8H2,1-2H3. The Kier molecular flexibility index (Phi) is 3.77. The van der Waals surface area contributed by atoms with Crippen molar-refractivity contribution >= 4 is 11.8 Å². The molecule has 4 heteroatoms. The monoisotopic (exact) mass is 262 g/mol. The second-order valence-corrected chi connectivity index (χ2v) is 5.12. The average molecular weight is 262 g/mol. The minimum Gasteiger partial charge on any atom is -0.506 e. The van der Waals surface area contributed by atoms with Crippen LogP contribution in [0.4, 0.5) is 0 Å². The minimum absolute atomic E-state index is 0.0131. The fourth-order valence-electron chi connectivity index (χ4n) is 1.56.